The number of methoxy groups -OCH3 is 1. The van der Waals surface area contributed by atoms with Gasteiger partial charge in [0.15, 0.2) is 0 Å². The Hall–Kier alpha value is -3.59. The lowest BCUT2D eigenvalue weighted by atomic mass is 9.96. The average Bonchev–Trinajstić information content (AvgIpc) is 3.01. The first kappa shape index (κ1) is 17.5. The highest BCUT2D eigenvalue weighted by Gasteiger charge is 2.31. The lowest BCUT2D eigenvalue weighted by Gasteiger charge is -2.19. The van der Waals surface area contributed by atoms with Gasteiger partial charge in [0.1, 0.15) is 5.75 Å². The van der Waals surface area contributed by atoms with Gasteiger partial charge in [-0.25, -0.2) is 0 Å². The number of benzene rings is 4. The molecule has 4 aromatic rings. The van der Waals surface area contributed by atoms with E-state index >= 15 is 0 Å². The molecule has 0 atom stereocenters. The van der Waals surface area contributed by atoms with Crippen molar-refractivity contribution in [3.63, 3.8) is 0 Å². The summed E-state index contributed by atoms with van der Waals surface area (Å²) < 4.78 is 5.29. The van der Waals surface area contributed by atoms with Crippen molar-refractivity contribution in [1.29, 1.82) is 0 Å². The molecule has 1 heterocycles. The molecular formula is C26H21NO2. The number of hydrogen-bond acceptors (Lipinski definition) is 2. The van der Waals surface area contributed by atoms with Crippen molar-refractivity contribution in [3.8, 4) is 16.9 Å². The molecule has 5 rings (SSSR count). The monoisotopic (exact) mass is 379 g/mol. The minimum atomic E-state index is 0.0301. The maximum atomic E-state index is 13.3. The summed E-state index contributed by atoms with van der Waals surface area (Å²) in [6.07, 6.45) is 0. The minimum absolute atomic E-state index is 0.0301. The van der Waals surface area contributed by atoms with Crippen LogP contribution in [-0.2, 0) is 0 Å². The summed E-state index contributed by atoms with van der Waals surface area (Å²) in [5.41, 5.74) is 7.14. The van der Waals surface area contributed by atoms with Crippen molar-refractivity contribution >= 4 is 28.1 Å². The fourth-order valence-corrected chi connectivity index (χ4v) is 4.34. The van der Waals surface area contributed by atoms with E-state index in [0.717, 1.165) is 55.7 Å². The molecule has 1 aliphatic rings. The number of carbonyl (C=O) groups excluding carboxylic acids is 1. The Morgan fingerprint density at radius 2 is 1.52 bits per heavy atom. The topological polar surface area (TPSA) is 29.5 Å². The molecule has 0 saturated heterocycles. The first-order valence-corrected chi connectivity index (χ1v) is 9.70. The lowest BCUT2D eigenvalue weighted by Crippen LogP contribution is -2.21. The van der Waals surface area contributed by atoms with Gasteiger partial charge in [-0.2, -0.15) is 0 Å². The van der Waals surface area contributed by atoms with Gasteiger partial charge in [0.25, 0.3) is 5.91 Å². The van der Waals surface area contributed by atoms with E-state index in [-0.39, 0.29) is 5.91 Å². The summed E-state index contributed by atoms with van der Waals surface area (Å²) in [5.74, 6) is 0.860. The third-order valence-corrected chi connectivity index (χ3v) is 5.56. The highest BCUT2D eigenvalue weighted by molar-refractivity contribution is 6.29. The van der Waals surface area contributed by atoms with Gasteiger partial charge >= 0.3 is 0 Å². The van der Waals surface area contributed by atoms with Crippen LogP contribution < -0.4 is 9.64 Å². The lowest BCUT2D eigenvalue weighted by molar-refractivity contribution is 0.100. The number of nitrogens with zero attached hydrogens (tertiary/aromatic N) is 1. The van der Waals surface area contributed by atoms with Gasteiger partial charge in [-0.1, -0.05) is 36.4 Å². The first-order chi connectivity index (χ1) is 14.1. The smallest absolute Gasteiger partial charge is 0.263 e. The highest BCUT2D eigenvalue weighted by atomic mass is 16.5. The second-order valence-corrected chi connectivity index (χ2v) is 7.58. The van der Waals surface area contributed by atoms with Crippen LogP contribution in [0.15, 0.2) is 72.8 Å². The summed E-state index contributed by atoms with van der Waals surface area (Å²) >= 11 is 0. The van der Waals surface area contributed by atoms with E-state index in [1.54, 1.807) is 7.11 Å². The third-order valence-electron chi connectivity index (χ3n) is 5.56. The molecule has 4 aromatic carbocycles. The molecule has 142 valence electrons. The number of hydrogen-bond donors (Lipinski definition) is 0. The SMILES string of the molecule is COc1ccc(-c2ccc3c4c(cccc24)C(=O)N3c2cc(C)cc(C)c2)cc1. The van der Waals surface area contributed by atoms with Crippen molar-refractivity contribution in [2.24, 2.45) is 0 Å². The standard InChI is InChI=1S/C26H21NO2/c1-16-13-17(2)15-19(14-16)27-24-12-11-21(18-7-9-20(29-3)10-8-18)22-5-4-6-23(25(22)24)26(27)28/h4-15H,1-3H3. The molecule has 1 amide bonds. The van der Waals surface area contributed by atoms with E-state index in [2.05, 4.69) is 62.4 Å². The van der Waals surface area contributed by atoms with E-state index in [4.69, 9.17) is 4.74 Å². The Morgan fingerprint density at radius 1 is 0.793 bits per heavy atom. The van der Waals surface area contributed by atoms with Crippen LogP contribution in [-0.4, -0.2) is 13.0 Å². The minimum Gasteiger partial charge on any atom is -0.497 e. The number of amides is 1. The summed E-state index contributed by atoms with van der Waals surface area (Å²) in [4.78, 5) is 15.2. The van der Waals surface area contributed by atoms with E-state index in [0.29, 0.717) is 0 Å². The molecule has 1 aliphatic heterocycles. The van der Waals surface area contributed by atoms with Gasteiger partial charge in [-0.15, -0.1) is 0 Å². The highest BCUT2D eigenvalue weighted by Crippen LogP contribution is 2.45. The molecule has 0 N–H and O–H groups in total. The van der Waals surface area contributed by atoms with Crippen molar-refractivity contribution in [3.05, 3.63) is 89.5 Å². The van der Waals surface area contributed by atoms with Crippen LogP contribution in [0.2, 0.25) is 0 Å². The molecule has 29 heavy (non-hydrogen) atoms. The van der Waals surface area contributed by atoms with Crippen LogP contribution in [0.1, 0.15) is 21.5 Å². The molecule has 0 fully saturated rings. The molecule has 0 saturated carbocycles. The Morgan fingerprint density at radius 3 is 2.21 bits per heavy atom. The van der Waals surface area contributed by atoms with Gasteiger partial charge in [0.2, 0.25) is 0 Å². The van der Waals surface area contributed by atoms with Crippen molar-refractivity contribution in [2.75, 3.05) is 12.0 Å². The van der Waals surface area contributed by atoms with Crippen LogP contribution in [0.4, 0.5) is 11.4 Å². The quantitative estimate of drug-likeness (QED) is 0.411. The zero-order chi connectivity index (χ0) is 20.1. The van der Waals surface area contributed by atoms with Crippen LogP contribution in [0, 0.1) is 13.8 Å². The maximum absolute atomic E-state index is 13.3. The number of ether oxygens (including phenoxy) is 1. The zero-order valence-electron chi connectivity index (χ0n) is 16.7. The Labute approximate surface area is 170 Å². The van der Waals surface area contributed by atoms with Gasteiger partial charge < -0.3 is 4.74 Å². The fraction of sp³-hybridized carbons (Fsp3) is 0.115. The van der Waals surface area contributed by atoms with Crippen molar-refractivity contribution in [2.45, 2.75) is 13.8 Å². The third kappa shape index (κ3) is 2.70. The van der Waals surface area contributed by atoms with E-state index in [1.807, 2.05) is 29.2 Å². The molecule has 3 heteroatoms. The molecule has 0 radical (unpaired) electrons. The Kier molecular flexibility index (Phi) is 3.92. The fourth-order valence-electron chi connectivity index (χ4n) is 4.34. The van der Waals surface area contributed by atoms with Crippen molar-refractivity contribution < 1.29 is 9.53 Å². The maximum Gasteiger partial charge on any atom is 0.263 e. The molecule has 3 nitrogen and oxygen atoms in total. The predicted molar refractivity (Wildman–Crippen MR) is 118 cm³/mol. The van der Waals surface area contributed by atoms with Gasteiger partial charge in [0.05, 0.1) is 18.4 Å². The summed E-state index contributed by atoms with van der Waals surface area (Å²) in [6.45, 7) is 4.12. The molecular weight excluding hydrogens is 358 g/mol. The molecule has 0 aliphatic carbocycles. The van der Waals surface area contributed by atoms with Gasteiger partial charge in [-0.3, -0.25) is 9.69 Å². The van der Waals surface area contributed by atoms with E-state index in [9.17, 15) is 4.79 Å². The number of aryl methyl sites for hydroxylation is 2. The molecule has 0 aromatic heterocycles. The number of anilines is 2. The van der Waals surface area contributed by atoms with E-state index < -0.39 is 0 Å². The first-order valence-electron chi connectivity index (χ1n) is 9.70. The molecule has 0 bridgehead atoms. The second-order valence-electron chi connectivity index (χ2n) is 7.58. The summed E-state index contributed by atoms with van der Waals surface area (Å²) in [6, 6.07) is 24.5. The summed E-state index contributed by atoms with van der Waals surface area (Å²) in [7, 11) is 1.67. The van der Waals surface area contributed by atoms with Crippen LogP contribution in [0.3, 0.4) is 0 Å². The Balaban J connectivity index is 1.72. The molecule has 0 spiro atoms. The largest absolute Gasteiger partial charge is 0.497 e. The van der Waals surface area contributed by atoms with Crippen LogP contribution in [0.25, 0.3) is 21.9 Å². The van der Waals surface area contributed by atoms with Gasteiger partial charge in [0, 0.05) is 11.1 Å². The van der Waals surface area contributed by atoms with Crippen LogP contribution >= 0.6 is 0 Å². The number of rotatable bonds is 3. The number of carbonyl (C=O) groups is 1. The van der Waals surface area contributed by atoms with Gasteiger partial charge in [-0.05, 0) is 77.9 Å². The average molecular weight is 379 g/mol. The van der Waals surface area contributed by atoms with Crippen LogP contribution in [0.5, 0.6) is 5.75 Å². The Bertz CT molecular complexity index is 1250. The summed E-state index contributed by atoms with van der Waals surface area (Å²) in [5, 5.41) is 2.11. The normalized spacial score (nSPS) is 12.7. The predicted octanol–water partition coefficient (Wildman–Crippen LogP) is 6.42. The van der Waals surface area contributed by atoms with E-state index in [1.165, 1.54) is 0 Å². The zero-order valence-corrected chi connectivity index (χ0v) is 16.7. The second kappa shape index (κ2) is 6.49. The van der Waals surface area contributed by atoms with Crippen molar-refractivity contribution in [1.82, 2.24) is 0 Å². The molecule has 0 unspecified atom stereocenters.